The Bertz CT molecular complexity index is 570. The molecule has 2 amide bonds. The second-order valence-corrected chi connectivity index (χ2v) is 10.9. The summed E-state index contributed by atoms with van der Waals surface area (Å²) in [5, 5.41) is 3.37. The van der Waals surface area contributed by atoms with Crippen LogP contribution in [-0.2, 0) is 9.59 Å². The molecule has 0 aromatic rings. The molecule has 31 heavy (non-hydrogen) atoms. The Morgan fingerprint density at radius 3 is 2.26 bits per heavy atom. The van der Waals surface area contributed by atoms with Crippen molar-refractivity contribution < 1.29 is 9.59 Å². The molecule has 6 nitrogen and oxygen atoms in total. The van der Waals surface area contributed by atoms with Crippen LogP contribution in [0, 0.1) is 17.8 Å². The average molecular weight is 437 g/mol. The van der Waals surface area contributed by atoms with Gasteiger partial charge in [-0.15, -0.1) is 0 Å². The molecule has 1 N–H and O–H groups in total. The average Bonchev–Trinajstić information content (AvgIpc) is 2.71. The van der Waals surface area contributed by atoms with E-state index in [1.807, 2.05) is 9.80 Å². The van der Waals surface area contributed by atoms with Crippen molar-refractivity contribution in [2.45, 2.75) is 91.8 Å². The van der Waals surface area contributed by atoms with Crippen molar-refractivity contribution in [1.82, 2.24) is 20.0 Å². The summed E-state index contributed by atoms with van der Waals surface area (Å²) >= 11 is 0. The number of carbonyl (C=O) groups excluding carboxylic acids is 2. The number of carbonyl (C=O) groups is 2. The molecular weight excluding hydrogens is 388 g/mol. The lowest BCUT2D eigenvalue weighted by Crippen LogP contribution is -2.62. The molecule has 0 bridgehead atoms. The minimum atomic E-state index is -0.312. The number of likely N-dealkylation sites (tertiary alicyclic amines) is 1. The topological polar surface area (TPSA) is 55.9 Å². The van der Waals surface area contributed by atoms with Gasteiger partial charge in [-0.25, -0.2) is 0 Å². The van der Waals surface area contributed by atoms with Gasteiger partial charge in [0.1, 0.15) is 6.04 Å². The number of piperidine rings is 1. The van der Waals surface area contributed by atoms with Crippen LogP contribution in [0.25, 0.3) is 0 Å². The summed E-state index contributed by atoms with van der Waals surface area (Å²) in [6, 6.07) is 0.113. The molecule has 2 saturated heterocycles. The van der Waals surface area contributed by atoms with Gasteiger partial charge in [-0.2, -0.15) is 0 Å². The zero-order chi connectivity index (χ0) is 23.1. The van der Waals surface area contributed by atoms with E-state index in [4.69, 9.17) is 0 Å². The smallest absolute Gasteiger partial charge is 0.245 e. The Morgan fingerprint density at radius 2 is 1.71 bits per heavy atom. The van der Waals surface area contributed by atoms with Gasteiger partial charge in [-0.1, -0.05) is 27.7 Å². The first-order chi connectivity index (χ1) is 14.6. The standard InChI is InChI=1S/C25H48N4O2/c1-18(2)16-22-24(30)29(15-11-26-22)23(17-19(3)4)25(31)28-13-9-21(10-14-28)8-12-27(7)20(5)6/h18-23,26H,8-17H2,1-7H3/t22-,23?/m0/s1. The van der Waals surface area contributed by atoms with Gasteiger partial charge >= 0.3 is 0 Å². The van der Waals surface area contributed by atoms with E-state index in [2.05, 4.69) is 58.8 Å². The predicted octanol–water partition coefficient (Wildman–Crippen LogP) is 3.22. The van der Waals surface area contributed by atoms with Crippen LogP contribution in [-0.4, -0.2) is 84.4 Å². The van der Waals surface area contributed by atoms with Crippen LogP contribution in [0.5, 0.6) is 0 Å². The van der Waals surface area contributed by atoms with Crippen molar-refractivity contribution in [2.24, 2.45) is 17.8 Å². The first-order valence-electron chi connectivity index (χ1n) is 12.6. The molecule has 0 saturated carbocycles. The van der Waals surface area contributed by atoms with Gasteiger partial charge in [-0.05, 0) is 77.3 Å². The van der Waals surface area contributed by atoms with E-state index in [1.54, 1.807) is 0 Å². The minimum absolute atomic E-state index is 0.116. The van der Waals surface area contributed by atoms with Gasteiger partial charge in [0.05, 0.1) is 6.04 Å². The van der Waals surface area contributed by atoms with E-state index in [0.717, 1.165) is 51.9 Å². The first-order valence-corrected chi connectivity index (χ1v) is 12.6. The van der Waals surface area contributed by atoms with Gasteiger partial charge in [-0.3, -0.25) is 9.59 Å². The van der Waals surface area contributed by atoms with Crippen LogP contribution in [0.3, 0.4) is 0 Å². The summed E-state index contributed by atoms with van der Waals surface area (Å²) in [5.41, 5.74) is 0. The molecule has 2 fully saturated rings. The highest BCUT2D eigenvalue weighted by Crippen LogP contribution is 2.25. The van der Waals surface area contributed by atoms with Crippen molar-refractivity contribution in [3.8, 4) is 0 Å². The van der Waals surface area contributed by atoms with Crippen LogP contribution in [0.2, 0.25) is 0 Å². The number of piperazine rings is 1. The van der Waals surface area contributed by atoms with Gasteiger partial charge in [0.15, 0.2) is 0 Å². The van der Waals surface area contributed by atoms with E-state index in [9.17, 15) is 9.59 Å². The molecule has 0 spiro atoms. The van der Waals surface area contributed by atoms with Crippen molar-refractivity contribution in [3.63, 3.8) is 0 Å². The quantitative estimate of drug-likeness (QED) is 0.571. The number of hydrogen-bond donors (Lipinski definition) is 1. The highest BCUT2D eigenvalue weighted by Gasteiger charge is 2.39. The Labute approximate surface area is 191 Å². The molecule has 2 aliphatic rings. The van der Waals surface area contributed by atoms with Crippen molar-refractivity contribution in [3.05, 3.63) is 0 Å². The highest BCUT2D eigenvalue weighted by molar-refractivity contribution is 5.90. The van der Waals surface area contributed by atoms with Crippen LogP contribution >= 0.6 is 0 Å². The Balaban J connectivity index is 1.98. The fourth-order valence-corrected chi connectivity index (χ4v) is 4.83. The zero-order valence-corrected chi connectivity index (χ0v) is 21.2. The lowest BCUT2D eigenvalue weighted by molar-refractivity contribution is -0.150. The van der Waals surface area contributed by atoms with E-state index in [1.165, 1.54) is 6.42 Å². The van der Waals surface area contributed by atoms with E-state index in [-0.39, 0.29) is 23.9 Å². The normalized spacial score (nSPS) is 22.3. The summed E-state index contributed by atoms with van der Waals surface area (Å²) in [5.74, 6) is 1.82. The van der Waals surface area contributed by atoms with Crippen LogP contribution < -0.4 is 5.32 Å². The molecule has 2 aliphatic heterocycles. The number of rotatable bonds is 10. The van der Waals surface area contributed by atoms with Gasteiger partial charge in [0, 0.05) is 32.2 Å². The SMILES string of the molecule is CC(C)CC(C(=O)N1CCC(CCN(C)C(C)C)CC1)N1CCN[C@@H](CC(C)C)C1=O. The molecule has 0 aliphatic carbocycles. The summed E-state index contributed by atoms with van der Waals surface area (Å²) in [4.78, 5) is 33.1. The molecule has 0 radical (unpaired) electrons. The monoisotopic (exact) mass is 436 g/mol. The molecule has 0 aromatic heterocycles. The molecule has 2 rings (SSSR count). The molecule has 1 unspecified atom stereocenters. The van der Waals surface area contributed by atoms with Gasteiger partial charge < -0.3 is 20.0 Å². The lowest BCUT2D eigenvalue weighted by Gasteiger charge is -2.42. The fourth-order valence-electron chi connectivity index (χ4n) is 4.83. The van der Waals surface area contributed by atoms with Crippen molar-refractivity contribution >= 4 is 11.8 Å². The molecular formula is C25H48N4O2. The maximum atomic E-state index is 13.6. The summed E-state index contributed by atoms with van der Waals surface area (Å²) in [6.07, 6.45) is 4.95. The Kier molecular flexibility index (Phi) is 10.3. The number of amides is 2. The fraction of sp³-hybridized carbons (Fsp3) is 0.920. The lowest BCUT2D eigenvalue weighted by atomic mass is 9.91. The maximum absolute atomic E-state index is 13.6. The Morgan fingerprint density at radius 1 is 1.06 bits per heavy atom. The summed E-state index contributed by atoms with van der Waals surface area (Å²) in [7, 11) is 2.19. The van der Waals surface area contributed by atoms with Crippen LogP contribution in [0.1, 0.15) is 73.6 Å². The maximum Gasteiger partial charge on any atom is 0.245 e. The Hall–Kier alpha value is -1.14. The van der Waals surface area contributed by atoms with Crippen LogP contribution in [0.4, 0.5) is 0 Å². The molecule has 0 aromatic carbocycles. The predicted molar refractivity (Wildman–Crippen MR) is 128 cm³/mol. The second-order valence-electron chi connectivity index (χ2n) is 10.9. The summed E-state index contributed by atoms with van der Waals surface area (Å²) in [6.45, 7) is 17.3. The van der Waals surface area contributed by atoms with Crippen molar-refractivity contribution in [1.29, 1.82) is 0 Å². The van der Waals surface area contributed by atoms with E-state index in [0.29, 0.717) is 30.3 Å². The highest BCUT2D eigenvalue weighted by atomic mass is 16.2. The van der Waals surface area contributed by atoms with Crippen LogP contribution in [0.15, 0.2) is 0 Å². The number of nitrogens with one attached hydrogen (secondary N) is 1. The molecule has 180 valence electrons. The van der Waals surface area contributed by atoms with Gasteiger partial charge in [0.2, 0.25) is 11.8 Å². The first kappa shape index (κ1) is 26.1. The number of hydrogen-bond acceptors (Lipinski definition) is 4. The third kappa shape index (κ3) is 7.74. The second kappa shape index (κ2) is 12.2. The zero-order valence-electron chi connectivity index (χ0n) is 21.2. The van der Waals surface area contributed by atoms with Gasteiger partial charge in [0.25, 0.3) is 0 Å². The summed E-state index contributed by atoms with van der Waals surface area (Å²) < 4.78 is 0. The molecule has 2 atom stereocenters. The van der Waals surface area contributed by atoms with E-state index >= 15 is 0 Å². The molecule has 2 heterocycles. The molecule has 6 heteroatoms. The number of nitrogens with zero attached hydrogens (tertiary/aromatic N) is 3. The minimum Gasteiger partial charge on any atom is -0.341 e. The van der Waals surface area contributed by atoms with Crippen molar-refractivity contribution in [2.75, 3.05) is 39.8 Å². The van der Waals surface area contributed by atoms with E-state index < -0.39 is 0 Å². The largest absolute Gasteiger partial charge is 0.341 e. The third-order valence-corrected chi connectivity index (χ3v) is 7.09. The third-order valence-electron chi connectivity index (χ3n) is 7.09.